The van der Waals surface area contributed by atoms with Gasteiger partial charge in [0.1, 0.15) is 12.2 Å². The third kappa shape index (κ3) is 5.31. The molecule has 0 saturated heterocycles. The zero-order valence-corrected chi connectivity index (χ0v) is 13.0. The van der Waals surface area contributed by atoms with Crippen molar-refractivity contribution in [3.05, 3.63) is 48.0 Å². The predicted molar refractivity (Wildman–Crippen MR) is 78.9 cm³/mol. The van der Waals surface area contributed by atoms with Crippen molar-refractivity contribution in [1.82, 2.24) is 0 Å². The summed E-state index contributed by atoms with van der Waals surface area (Å²) in [4.78, 5) is 33.4. The zero-order valence-electron chi connectivity index (χ0n) is 13.0. The summed E-state index contributed by atoms with van der Waals surface area (Å²) >= 11 is 0. The maximum absolute atomic E-state index is 12.0. The predicted octanol–water partition coefficient (Wildman–Crippen LogP) is 3.24. The third-order valence-corrected chi connectivity index (χ3v) is 2.92. The van der Waals surface area contributed by atoms with Gasteiger partial charge in [-0.15, -0.1) is 0 Å². The maximum atomic E-state index is 12.0. The molecule has 22 heavy (non-hydrogen) atoms. The lowest BCUT2D eigenvalue weighted by Gasteiger charge is -2.19. The van der Waals surface area contributed by atoms with Gasteiger partial charge < -0.3 is 4.74 Å². The Morgan fingerprint density at radius 1 is 1.18 bits per heavy atom. The van der Waals surface area contributed by atoms with E-state index in [1.807, 2.05) is 6.92 Å². The highest BCUT2D eigenvalue weighted by Crippen LogP contribution is 2.16. The van der Waals surface area contributed by atoms with Crippen LogP contribution in [-0.4, -0.2) is 24.1 Å². The number of carbonyl (C=O) groups excluding carboxylic acids is 2. The lowest BCUT2D eigenvalue weighted by atomic mass is 10.1. The van der Waals surface area contributed by atoms with Crippen molar-refractivity contribution >= 4 is 11.9 Å². The molecule has 0 fully saturated rings. The summed E-state index contributed by atoms with van der Waals surface area (Å²) in [5, 5.41) is 4.50. The van der Waals surface area contributed by atoms with Gasteiger partial charge in [0.05, 0.1) is 11.1 Å². The molecule has 1 aromatic carbocycles. The van der Waals surface area contributed by atoms with E-state index in [2.05, 4.69) is 16.5 Å². The van der Waals surface area contributed by atoms with Crippen LogP contribution in [0, 0.1) is 0 Å². The van der Waals surface area contributed by atoms with Crippen molar-refractivity contribution in [3.63, 3.8) is 0 Å². The first-order chi connectivity index (χ1) is 10.4. The maximum Gasteiger partial charge on any atom is 0.377 e. The normalized spacial score (nSPS) is 10.9. The first-order valence-electron chi connectivity index (χ1n) is 6.85. The number of rotatable bonds is 8. The first kappa shape index (κ1) is 17.9. The Kier molecular flexibility index (Phi) is 6.75. The average Bonchev–Trinajstić information content (AvgIpc) is 2.52. The van der Waals surface area contributed by atoms with Gasteiger partial charge >= 0.3 is 11.9 Å². The van der Waals surface area contributed by atoms with Gasteiger partial charge in [0.2, 0.25) is 0 Å². The fourth-order valence-electron chi connectivity index (χ4n) is 1.30. The van der Waals surface area contributed by atoms with E-state index in [1.54, 1.807) is 26.0 Å². The molecule has 1 aromatic rings. The minimum absolute atomic E-state index is 0.0227. The Hall–Kier alpha value is -2.18. The standard InChI is InChI=1S/C16H20O6/c1-5-11-19-14(17)12-9-7-8-10-13(12)15(18)20-22-21-16(3,4)6-2/h5,7-10H,1,6,11H2,2-4H3. The van der Waals surface area contributed by atoms with E-state index < -0.39 is 17.5 Å². The SMILES string of the molecule is C=CCOC(=O)c1ccccc1C(=O)OOOC(C)(C)CC. The van der Waals surface area contributed by atoms with E-state index in [0.29, 0.717) is 6.42 Å². The highest BCUT2D eigenvalue weighted by Gasteiger charge is 2.22. The molecular formula is C16H20O6. The van der Waals surface area contributed by atoms with Crippen molar-refractivity contribution in [1.29, 1.82) is 0 Å². The quantitative estimate of drug-likeness (QED) is 0.318. The fourth-order valence-corrected chi connectivity index (χ4v) is 1.30. The Morgan fingerprint density at radius 2 is 1.77 bits per heavy atom. The van der Waals surface area contributed by atoms with Crippen molar-refractivity contribution in [3.8, 4) is 0 Å². The van der Waals surface area contributed by atoms with E-state index in [-0.39, 0.29) is 17.7 Å². The average molecular weight is 308 g/mol. The lowest BCUT2D eigenvalue weighted by molar-refractivity contribution is -0.512. The molecule has 0 bridgehead atoms. The Morgan fingerprint density at radius 3 is 2.32 bits per heavy atom. The summed E-state index contributed by atoms with van der Waals surface area (Å²) in [5.41, 5.74) is -0.495. The van der Waals surface area contributed by atoms with Crippen LogP contribution < -0.4 is 0 Å². The molecule has 0 aliphatic heterocycles. The Labute approximate surface area is 129 Å². The van der Waals surface area contributed by atoms with Gasteiger partial charge in [-0.1, -0.05) is 31.7 Å². The number of hydrogen-bond acceptors (Lipinski definition) is 6. The minimum atomic E-state index is -0.849. The van der Waals surface area contributed by atoms with Gasteiger partial charge in [0.25, 0.3) is 0 Å². The van der Waals surface area contributed by atoms with Crippen LogP contribution in [0.4, 0.5) is 0 Å². The molecule has 6 nitrogen and oxygen atoms in total. The van der Waals surface area contributed by atoms with Crippen molar-refractivity contribution in [2.24, 2.45) is 0 Å². The molecule has 1 rings (SSSR count). The molecule has 0 aromatic heterocycles. The summed E-state index contributed by atoms with van der Waals surface area (Å²) in [6.45, 7) is 8.96. The molecule has 0 radical (unpaired) electrons. The summed E-state index contributed by atoms with van der Waals surface area (Å²) in [7, 11) is 0. The second-order valence-electron chi connectivity index (χ2n) is 5.07. The Balaban J connectivity index is 2.73. The van der Waals surface area contributed by atoms with Gasteiger partial charge in [0, 0.05) is 0 Å². The number of ether oxygens (including phenoxy) is 1. The molecule has 0 heterocycles. The second-order valence-corrected chi connectivity index (χ2v) is 5.07. The van der Waals surface area contributed by atoms with Crippen LogP contribution in [-0.2, 0) is 19.6 Å². The van der Waals surface area contributed by atoms with Crippen LogP contribution in [0.25, 0.3) is 0 Å². The monoisotopic (exact) mass is 308 g/mol. The molecule has 0 aliphatic carbocycles. The Bertz CT molecular complexity index is 535. The van der Waals surface area contributed by atoms with Crippen LogP contribution in [0.3, 0.4) is 0 Å². The molecule has 0 atom stereocenters. The fraction of sp³-hybridized carbons (Fsp3) is 0.375. The highest BCUT2D eigenvalue weighted by atomic mass is 17.5. The number of hydrogen-bond donors (Lipinski definition) is 0. The summed E-state index contributed by atoms with van der Waals surface area (Å²) in [6, 6.07) is 6.09. The third-order valence-electron chi connectivity index (χ3n) is 2.92. The molecule has 0 amide bonds. The van der Waals surface area contributed by atoms with Crippen LogP contribution in [0.1, 0.15) is 47.9 Å². The zero-order chi connectivity index (χ0) is 16.6. The lowest BCUT2D eigenvalue weighted by Crippen LogP contribution is -2.24. The van der Waals surface area contributed by atoms with E-state index in [4.69, 9.17) is 9.62 Å². The van der Waals surface area contributed by atoms with Gasteiger partial charge in [0.15, 0.2) is 0 Å². The largest absolute Gasteiger partial charge is 0.458 e. The van der Waals surface area contributed by atoms with Crippen LogP contribution in [0.2, 0.25) is 0 Å². The smallest absolute Gasteiger partial charge is 0.377 e. The first-order valence-corrected chi connectivity index (χ1v) is 6.85. The topological polar surface area (TPSA) is 71.1 Å². The van der Waals surface area contributed by atoms with Crippen LogP contribution in [0.5, 0.6) is 0 Å². The molecule has 6 heteroatoms. The van der Waals surface area contributed by atoms with E-state index >= 15 is 0 Å². The summed E-state index contributed by atoms with van der Waals surface area (Å²) < 4.78 is 4.91. The summed E-state index contributed by atoms with van der Waals surface area (Å²) in [5.74, 6) is -1.50. The molecule has 0 N–H and O–H groups in total. The van der Waals surface area contributed by atoms with Gasteiger partial charge in [-0.2, -0.15) is 4.89 Å². The number of benzene rings is 1. The van der Waals surface area contributed by atoms with Crippen molar-refractivity contribution < 1.29 is 29.1 Å². The molecular weight excluding hydrogens is 288 g/mol. The molecule has 0 spiro atoms. The van der Waals surface area contributed by atoms with Crippen LogP contribution >= 0.6 is 0 Å². The molecule has 0 aliphatic rings. The number of carbonyl (C=O) groups is 2. The van der Waals surface area contributed by atoms with Crippen molar-refractivity contribution in [2.45, 2.75) is 32.8 Å². The van der Waals surface area contributed by atoms with Gasteiger partial charge in [-0.05, 0) is 37.4 Å². The number of esters is 1. The molecule has 120 valence electrons. The second kappa shape index (κ2) is 8.31. The van der Waals surface area contributed by atoms with E-state index in [0.717, 1.165) is 0 Å². The molecule has 0 unspecified atom stereocenters. The van der Waals surface area contributed by atoms with E-state index in [1.165, 1.54) is 18.2 Å². The van der Waals surface area contributed by atoms with Crippen LogP contribution in [0.15, 0.2) is 36.9 Å². The van der Waals surface area contributed by atoms with Gasteiger partial charge in [-0.25, -0.2) is 9.59 Å². The van der Waals surface area contributed by atoms with Crippen molar-refractivity contribution in [2.75, 3.05) is 6.61 Å². The minimum Gasteiger partial charge on any atom is -0.458 e. The van der Waals surface area contributed by atoms with Gasteiger partial charge in [-0.3, -0.25) is 4.89 Å². The molecule has 0 saturated carbocycles. The summed E-state index contributed by atoms with van der Waals surface area (Å²) in [6.07, 6.45) is 2.09. The van der Waals surface area contributed by atoms with E-state index in [9.17, 15) is 9.59 Å². The highest BCUT2D eigenvalue weighted by molar-refractivity contribution is 6.02.